The van der Waals surface area contributed by atoms with E-state index in [1.54, 1.807) is 24.9 Å². The van der Waals surface area contributed by atoms with E-state index in [1.807, 2.05) is 17.0 Å². The van der Waals surface area contributed by atoms with Gasteiger partial charge in [0.15, 0.2) is 0 Å². The van der Waals surface area contributed by atoms with Crippen molar-refractivity contribution in [3.63, 3.8) is 0 Å². The van der Waals surface area contributed by atoms with Gasteiger partial charge in [-0.15, -0.1) is 0 Å². The van der Waals surface area contributed by atoms with E-state index < -0.39 is 11.7 Å². The van der Waals surface area contributed by atoms with Gasteiger partial charge < -0.3 is 15.1 Å². The topological polar surface area (TPSA) is 67.8 Å². The van der Waals surface area contributed by atoms with Gasteiger partial charge >= 0.3 is 12.2 Å². The van der Waals surface area contributed by atoms with Gasteiger partial charge in [-0.2, -0.15) is 18.2 Å². The summed E-state index contributed by atoms with van der Waals surface area (Å²) in [6.07, 6.45) is 3.78. The third kappa shape index (κ3) is 5.40. The Morgan fingerprint density at radius 2 is 1.49 bits per heavy atom. The number of urea groups is 1. The molecule has 1 saturated heterocycles. The predicted molar refractivity (Wildman–Crippen MR) is 177 cm³/mol. The van der Waals surface area contributed by atoms with Gasteiger partial charge in [0, 0.05) is 49.3 Å². The monoisotopic (exact) mass is 645 g/mol. The summed E-state index contributed by atoms with van der Waals surface area (Å²) >= 11 is 0. The molecule has 9 rings (SSSR count). The number of halogens is 3. The lowest BCUT2D eigenvalue weighted by atomic mass is 9.52. The van der Waals surface area contributed by atoms with Crippen molar-refractivity contribution in [3.05, 3.63) is 64.8 Å². The summed E-state index contributed by atoms with van der Waals surface area (Å²) in [4.78, 5) is 32.9. The first-order valence-electron chi connectivity index (χ1n) is 16.9. The zero-order valence-corrected chi connectivity index (χ0v) is 27.3. The summed E-state index contributed by atoms with van der Waals surface area (Å²) in [7, 11) is 2.15. The molecule has 0 unspecified atom stereocenters. The molecule has 5 fully saturated rings. The first kappa shape index (κ1) is 30.5. The lowest BCUT2D eigenvalue weighted by Crippen LogP contribution is -2.65. The second kappa shape index (κ2) is 11.1. The van der Waals surface area contributed by atoms with Crippen LogP contribution in [-0.4, -0.2) is 59.7 Å². The Morgan fingerprint density at radius 1 is 0.894 bits per heavy atom. The average molecular weight is 646 g/mol. The average Bonchev–Trinajstić information content (AvgIpc) is 3.00. The highest BCUT2D eigenvalue weighted by molar-refractivity contribution is 6.07. The molecule has 248 valence electrons. The molecule has 0 radical (unpaired) electrons. The van der Waals surface area contributed by atoms with Gasteiger partial charge in [-0.05, 0) is 125 Å². The van der Waals surface area contributed by atoms with Crippen molar-refractivity contribution in [3.8, 4) is 0 Å². The summed E-state index contributed by atoms with van der Waals surface area (Å²) in [5.74, 6) is 2.80. The summed E-state index contributed by atoms with van der Waals surface area (Å²) in [6.45, 7) is 7.59. The van der Waals surface area contributed by atoms with Crippen molar-refractivity contribution in [1.29, 1.82) is 0 Å². The Balaban J connectivity index is 1.14. The van der Waals surface area contributed by atoms with Crippen molar-refractivity contribution in [2.75, 3.05) is 53.2 Å². The van der Waals surface area contributed by atoms with Gasteiger partial charge in [-0.3, -0.25) is 9.80 Å². The van der Waals surface area contributed by atoms with Crippen LogP contribution in [0.25, 0.3) is 0 Å². The second-order valence-corrected chi connectivity index (χ2v) is 14.8. The number of carbonyl (C=O) groups is 1. The Labute approximate surface area is 274 Å². The third-order valence-corrected chi connectivity index (χ3v) is 11.4. The fourth-order valence-corrected chi connectivity index (χ4v) is 9.65. The predicted octanol–water partition coefficient (Wildman–Crippen LogP) is 7.52. The Hall–Kier alpha value is -3.86. The normalized spacial score (nSPS) is 27.4. The minimum Gasteiger partial charge on any atom is -0.369 e. The molecule has 1 N–H and O–H groups in total. The summed E-state index contributed by atoms with van der Waals surface area (Å²) < 4.78 is 41.0. The molecule has 2 aliphatic heterocycles. The number of carbonyl (C=O) groups excluding carboxylic acids is 1. The van der Waals surface area contributed by atoms with Crippen LogP contribution in [0.5, 0.6) is 0 Å². The van der Waals surface area contributed by atoms with E-state index in [-0.39, 0.29) is 18.1 Å². The molecule has 0 atom stereocenters. The number of hydrogen-bond donors (Lipinski definition) is 1. The number of nitrogens with one attached hydrogen (secondary N) is 1. The van der Waals surface area contributed by atoms with Gasteiger partial charge in [-0.25, -0.2) is 9.78 Å². The summed E-state index contributed by atoms with van der Waals surface area (Å²) in [5.41, 5.74) is 3.18. The van der Waals surface area contributed by atoms with Crippen LogP contribution in [0.1, 0.15) is 60.8 Å². The smallest absolute Gasteiger partial charge is 0.369 e. The maximum atomic E-state index is 14.8. The van der Waals surface area contributed by atoms with E-state index in [4.69, 9.17) is 4.98 Å². The quantitative estimate of drug-likeness (QED) is 0.310. The lowest BCUT2D eigenvalue weighted by Gasteiger charge is -2.61. The number of fused-ring (bicyclic) bond motifs is 1. The summed E-state index contributed by atoms with van der Waals surface area (Å²) in [5, 5.41) is 3.37. The van der Waals surface area contributed by atoms with Crippen LogP contribution in [-0.2, 0) is 12.7 Å². The molecule has 4 bridgehead atoms. The first-order chi connectivity index (χ1) is 22.5. The van der Waals surface area contributed by atoms with Crippen molar-refractivity contribution >= 4 is 34.9 Å². The fourth-order valence-electron chi connectivity index (χ4n) is 9.65. The van der Waals surface area contributed by atoms with Crippen LogP contribution in [0.3, 0.4) is 0 Å². The zero-order valence-electron chi connectivity index (χ0n) is 27.3. The Bertz CT molecular complexity index is 1640. The van der Waals surface area contributed by atoms with Gasteiger partial charge in [0.25, 0.3) is 0 Å². The van der Waals surface area contributed by atoms with Crippen LogP contribution >= 0.6 is 0 Å². The highest BCUT2D eigenvalue weighted by Crippen LogP contribution is 2.59. The molecule has 3 aromatic rings. The molecule has 4 saturated carbocycles. The van der Waals surface area contributed by atoms with Crippen molar-refractivity contribution < 1.29 is 18.0 Å². The number of benzene rings is 2. The molecule has 47 heavy (non-hydrogen) atoms. The number of piperazine rings is 1. The first-order valence-corrected chi connectivity index (χ1v) is 16.9. The molecular formula is C36H42F3N7O. The Morgan fingerprint density at radius 3 is 2.06 bits per heavy atom. The van der Waals surface area contributed by atoms with Crippen LogP contribution in [0.15, 0.2) is 42.6 Å². The number of nitrogens with zero attached hydrogens (tertiary/aromatic N) is 6. The molecule has 1 aromatic heterocycles. The van der Waals surface area contributed by atoms with Crippen molar-refractivity contribution in [1.82, 2.24) is 14.9 Å². The maximum Gasteiger partial charge on any atom is 0.416 e. The number of aromatic nitrogens is 2. The lowest BCUT2D eigenvalue weighted by molar-refractivity contribution is -0.137. The van der Waals surface area contributed by atoms with E-state index in [0.29, 0.717) is 46.3 Å². The third-order valence-electron chi connectivity index (χ3n) is 11.4. The van der Waals surface area contributed by atoms with Gasteiger partial charge in [0.2, 0.25) is 5.95 Å². The molecule has 8 nitrogen and oxygen atoms in total. The number of likely N-dealkylation sites (N-methyl/N-ethyl adjacent to an activating group) is 1. The molecule has 6 aliphatic rings. The van der Waals surface area contributed by atoms with E-state index in [9.17, 15) is 18.0 Å². The van der Waals surface area contributed by atoms with E-state index in [2.05, 4.69) is 39.3 Å². The molecule has 2 aromatic carbocycles. The van der Waals surface area contributed by atoms with Crippen LogP contribution in [0.2, 0.25) is 0 Å². The number of aryl methyl sites for hydroxylation is 2. The molecule has 4 aliphatic carbocycles. The maximum absolute atomic E-state index is 14.8. The Kier molecular flexibility index (Phi) is 7.20. The van der Waals surface area contributed by atoms with Gasteiger partial charge in [0.05, 0.1) is 23.3 Å². The van der Waals surface area contributed by atoms with E-state index in [1.165, 1.54) is 24.9 Å². The number of hydrogen-bond acceptors (Lipinski definition) is 6. The number of anilines is 5. The molecule has 0 spiro atoms. The van der Waals surface area contributed by atoms with Gasteiger partial charge in [0.1, 0.15) is 5.82 Å². The zero-order chi connectivity index (χ0) is 32.7. The largest absolute Gasteiger partial charge is 0.416 e. The summed E-state index contributed by atoms with van der Waals surface area (Å²) in [6, 6.07) is 10.4. The minimum atomic E-state index is -4.46. The van der Waals surface area contributed by atoms with Crippen molar-refractivity contribution in [2.24, 2.45) is 17.8 Å². The number of alkyl halides is 3. The van der Waals surface area contributed by atoms with Crippen LogP contribution in [0.4, 0.5) is 46.8 Å². The molecule has 2 amide bonds. The van der Waals surface area contributed by atoms with E-state index >= 15 is 0 Å². The van der Waals surface area contributed by atoms with Crippen molar-refractivity contribution in [2.45, 2.75) is 70.6 Å². The van der Waals surface area contributed by atoms with Crippen LogP contribution < -0.4 is 20.0 Å². The highest BCUT2D eigenvalue weighted by Gasteiger charge is 2.57. The molecular weight excluding hydrogens is 603 g/mol. The minimum absolute atomic E-state index is 0.198. The second-order valence-electron chi connectivity index (χ2n) is 14.8. The number of rotatable bonds is 5. The SMILES string of the molecule is Cc1cc(C(F)(F)F)cc(C)c1N1Cc2cnc(Nc3ccc(N4CCN(C)CC4)cc3)nc2N(C23CC4CC(CC(C4)C2)C3)C1=O. The van der Waals surface area contributed by atoms with Crippen LogP contribution in [0, 0.1) is 31.6 Å². The standard InChI is InChI=1S/C36H42F3N7O/c1-22-12-28(36(37,38)39)13-23(2)31(22)45-21-27-20-40-33(41-29-4-6-30(7-5-29)44-10-8-43(3)9-11-44)42-32(27)46(34(45)47)35-17-24-14-25(18-35)16-26(15-24)19-35/h4-7,12-13,20,24-26H,8-11,14-19,21H2,1-3H3,(H,40,41,42). The fraction of sp³-hybridized carbons (Fsp3) is 0.528. The van der Waals surface area contributed by atoms with E-state index in [0.717, 1.165) is 68.8 Å². The molecule has 3 heterocycles. The van der Waals surface area contributed by atoms with Gasteiger partial charge in [-0.1, -0.05) is 0 Å². The molecule has 11 heteroatoms. The number of amides is 2. The highest BCUT2D eigenvalue weighted by atomic mass is 19.4.